The lowest BCUT2D eigenvalue weighted by molar-refractivity contribution is -0.143. The Morgan fingerprint density at radius 3 is 2.09 bits per heavy atom. The fourth-order valence-electron chi connectivity index (χ4n) is 1.81. The SMILES string of the molecule is CC(=O)N[C@@H](CC(=O)O)C(=O)N[C@H](C(=O)O)c1ccccc1. The van der Waals surface area contributed by atoms with E-state index in [0.717, 1.165) is 6.92 Å². The summed E-state index contributed by atoms with van der Waals surface area (Å²) in [5, 5.41) is 22.4. The average molecular weight is 308 g/mol. The Morgan fingerprint density at radius 1 is 1.05 bits per heavy atom. The van der Waals surface area contributed by atoms with Crippen molar-refractivity contribution in [1.29, 1.82) is 0 Å². The normalized spacial score (nSPS) is 12.8. The number of amides is 2. The smallest absolute Gasteiger partial charge is 0.330 e. The van der Waals surface area contributed by atoms with E-state index in [-0.39, 0.29) is 0 Å². The molecule has 118 valence electrons. The molecule has 0 aliphatic heterocycles. The summed E-state index contributed by atoms with van der Waals surface area (Å²) in [5.41, 5.74) is 0.334. The van der Waals surface area contributed by atoms with E-state index in [2.05, 4.69) is 10.6 Å². The number of carbonyl (C=O) groups excluding carboxylic acids is 2. The number of carbonyl (C=O) groups is 4. The molecule has 0 saturated heterocycles. The largest absolute Gasteiger partial charge is 0.481 e. The van der Waals surface area contributed by atoms with Gasteiger partial charge in [0.25, 0.3) is 0 Å². The van der Waals surface area contributed by atoms with Crippen molar-refractivity contribution in [3.05, 3.63) is 35.9 Å². The number of aliphatic carboxylic acids is 2. The topological polar surface area (TPSA) is 133 Å². The quantitative estimate of drug-likeness (QED) is 0.556. The minimum atomic E-state index is -1.35. The number of carboxylic acid groups (broad SMARTS) is 2. The van der Waals surface area contributed by atoms with Crippen molar-refractivity contribution >= 4 is 23.8 Å². The summed E-state index contributed by atoms with van der Waals surface area (Å²) in [5.74, 6) is -4.06. The molecule has 1 rings (SSSR count). The second kappa shape index (κ2) is 7.77. The van der Waals surface area contributed by atoms with Crippen molar-refractivity contribution in [2.75, 3.05) is 0 Å². The molecule has 0 saturated carbocycles. The average Bonchev–Trinajstić information content (AvgIpc) is 2.43. The van der Waals surface area contributed by atoms with E-state index < -0.39 is 42.3 Å². The molecule has 2 amide bonds. The van der Waals surface area contributed by atoms with Gasteiger partial charge in [-0.05, 0) is 5.56 Å². The predicted octanol–water partition coefficient (Wildman–Crippen LogP) is -0.0921. The molecule has 1 aromatic rings. The van der Waals surface area contributed by atoms with Crippen LogP contribution in [-0.2, 0) is 19.2 Å². The second-order valence-electron chi connectivity index (χ2n) is 4.54. The summed E-state index contributed by atoms with van der Waals surface area (Å²) in [7, 11) is 0. The fraction of sp³-hybridized carbons (Fsp3) is 0.286. The summed E-state index contributed by atoms with van der Waals surface area (Å²) in [6, 6.07) is 5.27. The van der Waals surface area contributed by atoms with E-state index in [1.165, 1.54) is 12.1 Å². The van der Waals surface area contributed by atoms with Gasteiger partial charge in [-0.1, -0.05) is 30.3 Å². The summed E-state index contributed by atoms with van der Waals surface area (Å²) >= 11 is 0. The molecule has 8 heteroatoms. The van der Waals surface area contributed by atoms with E-state index >= 15 is 0 Å². The molecule has 0 spiro atoms. The standard InChI is InChI=1S/C14H16N2O6/c1-8(17)15-10(7-11(18)19)13(20)16-12(14(21)22)9-5-3-2-4-6-9/h2-6,10,12H,7H2,1H3,(H,15,17)(H,16,20)(H,18,19)(H,21,22)/t10-,12-/m0/s1. The Labute approximate surface area is 126 Å². The van der Waals surface area contributed by atoms with Crippen molar-refractivity contribution < 1.29 is 29.4 Å². The number of rotatable bonds is 7. The van der Waals surface area contributed by atoms with E-state index in [0.29, 0.717) is 5.56 Å². The first-order chi connectivity index (χ1) is 10.3. The first kappa shape index (κ1) is 17.2. The molecule has 0 aliphatic rings. The number of nitrogens with one attached hydrogen (secondary N) is 2. The van der Waals surface area contributed by atoms with Gasteiger partial charge in [-0.2, -0.15) is 0 Å². The highest BCUT2D eigenvalue weighted by atomic mass is 16.4. The van der Waals surface area contributed by atoms with Gasteiger partial charge in [-0.15, -0.1) is 0 Å². The van der Waals surface area contributed by atoms with Gasteiger partial charge in [0, 0.05) is 6.92 Å². The zero-order chi connectivity index (χ0) is 16.7. The predicted molar refractivity (Wildman–Crippen MR) is 74.8 cm³/mol. The molecule has 2 atom stereocenters. The molecule has 8 nitrogen and oxygen atoms in total. The summed E-state index contributed by atoms with van der Waals surface area (Å²) in [4.78, 5) is 45.1. The molecule has 0 unspecified atom stereocenters. The number of hydrogen-bond donors (Lipinski definition) is 4. The van der Waals surface area contributed by atoms with Crippen LogP contribution < -0.4 is 10.6 Å². The Kier molecular flexibility index (Phi) is 6.06. The van der Waals surface area contributed by atoms with Crippen LogP contribution in [0.15, 0.2) is 30.3 Å². The first-order valence-corrected chi connectivity index (χ1v) is 6.38. The highest BCUT2D eigenvalue weighted by Crippen LogP contribution is 2.13. The minimum Gasteiger partial charge on any atom is -0.481 e. The van der Waals surface area contributed by atoms with Crippen LogP contribution in [0.2, 0.25) is 0 Å². The van der Waals surface area contributed by atoms with Crippen molar-refractivity contribution in [1.82, 2.24) is 10.6 Å². The Bertz CT molecular complexity index is 556. The molecule has 0 radical (unpaired) electrons. The van der Waals surface area contributed by atoms with Gasteiger partial charge >= 0.3 is 11.9 Å². The van der Waals surface area contributed by atoms with Crippen molar-refractivity contribution in [2.24, 2.45) is 0 Å². The first-order valence-electron chi connectivity index (χ1n) is 6.38. The molecule has 0 heterocycles. The van der Waals surface area contributed by atoms with Crippen molar-refractivity contribution in [2.45, 2.75) is 25.4 Å². The van der Waals surface area contributed by atoms with Crippen LogP contribution in [0.5, 0.6) is 0 Å². The maximum atomic E-state index is 12.0. The van der Waals surface area contributed by atoms with E-state index in [1.807, 2.05) is 0 Å². The molecule has 22 heavy (non-hydrogen) atoms. The van der Waals surface area contributed by atoms with Crippen molar-refractivity contribution in [3.8, 4) is 0 Å². The summed E-state index contributed by atoms with van der Waals surface area (Å²) < 4.78 is 0. The second-order valence-corrected chi connectivity index (χ2v) is 4.54. The third kappa shape index (κ3) is 5.23. The van der Waals surface area contributed by atoms with E-state index in [1.54, 1.807) is 18.2 Å². The van der Waals surface area contributed by atoms with Gasteiger partial charge in [0.15, 0.2) is 6.04 Å². The zero-order valence-electron chi connectivity index (χ0n) is 11.8. The maximum Gasteiger partial charge on any atom is 0.330 e. The monoisotopic (exact) mass is 308 g/mol. The highest BCUT2D eigenvalue weighted by Gasteiger charge is 2.28. The zero-order valence-corrected chi connectivity index (χ0v) is 11.8. The van der Waals surface area contributed by atoms with Crippen LogP contribution >= 0.6 is 0 Å². The molecule has 0 bridgehead atoms. The Morgan fingerprint density at radius 2 is 1.64 bits per heavy atom. The highest BCUT2D eigenvalue weighted by molar-refractivity contribution is 5.92. The molecular formula is C14H16N2O6. The van der Waals surface area contributed by atoms with Gasteiger partial charge in [0.2, 0.25) is 11.8 Å². The van der Waals surface area contributed by atoms with Crippen LogP contribution in [0.1, 0.15) is 24.9 Å². The van der Waals surface area contributed by atoms with Crippen LogP contribution in [0.25, 0.3) is 0 Å². The molecule has 4 N–H and O–H groups in total. The van der Waals surface area contributed by atoms with E-state index in [4.69, 9.17) is 5.11 Å². The molecule has 0 aromatic heterocycles. The molecule has 0 fully saturated rings. The van der Waals surface area contributed by atoms with E-state index in [9.17, 15) is 24.3 Å². The van der Waals surface area contributed by atoms with Gasteiger partial charge < -0.3 is 20.8 Å². The number of hydrogen-bond acceptors (Lipinski definition) is 4. The summed E-state index contributed by atoms with van der Waals surface area (Å²) in [6.45, 7) is 1.13. The molecule has 0 aliphatic carbocycles. The van der Waals surface area contributed by atoms with Crippen LogP contribution in [-0.4, -0.2) is 40.0 Å². The van der Waals surface area contributed by atoms with Crippen LogP contribution in [0.3, 0.4) is 0 Å². The van der Waals surface area contributed by atoms with Gasteiger partial charge in [-0.25, -0.2) is 4.79 Å². The molecular weight excluding hydrogens is 292 g/mol. The maximum absolute atomic E-state index is 12.0. The lowest BCUT2D eigenvalue weighted by atomic mass is 10.1. The number of benzene rings is 1. The Balaban J connectivity index is 2.90. The lowest BCUT2D eigenvalue weighted by Gasteiger charge is -2.20. The number of carboxylic acids is 2. The lowest BCUT2D eigenvalue weighted by Crippen LogP contribution is -2.49. The summed E-state index contributed by atoms with van der Waals surface area (Å²) in [6.07, 6.45) is -0.646. The Hall–Kier alpha value is -2.90. The van der Waals surface area contributed by atoms with Crippen LogP contribution in [0.4, 0.5) is 0 Å². The third-order valence-corrected chi connectivity index (χ3v) is 2.74. The van der Waals surface area contributed by atoms with Gasteiger partial charge in [0.1, 0.15) is 6.04 Å². The van der Waals surface area contributed by atoms with Crippen LogP contribution in [0, 0.1) is 0 Å². The fourth-order valence-corrected chi connectivity index (χ4v) is 1.81. The minimum absolute atomic E-state index is 0.334. The molecule has 1 aromatic carbocycles. The van der Waals surface area contributed by atoms with Gasteiger partial charge in [-0.3, -0.25) is 14.4 Å². The van der Waals surface area contributed by atoms with Gasteiger partial charge in [0.05, 0.1) is 6.42 Å². The van der Waals surface area contributed by atoms with Crippen molar-refractivity contribution in [3.63, 3.8) is 0 Å². The third-order valence-electron chi connectivity index (χ3n) is 2.74.